The molecule has 0 rings (SSSR count). The number of aliphatic carboxylic acids is 1. The largest absolute Gasteiger partial charge is 0.481 e. The lowest BCUT2D eigenvalue weighted by Crippen LogP contribution is -2.30. The van der Waals surface area contributed by atoms with Crippen LogP contribution >= 0.6 is 11.8 Å². The van der Waals surface area contributed by atoms with Gasteiger partial charge in [-0.25, -0.2) is 0 Å². The lowest BCUT2D eigenvalue weighted by molar-refractivity contribution is -0.149. The highest BCUT2D eigenvalue weighted by Crippen LogP contribution is 2.37. The van der Waals surface area contributed by atoms with Gasteiger partial charge in [-0.15, -0.1) is 0 Å². The van der Waals surface area contributed by atoms with Crippen molar-refractivity contribution in [1.82, 2.24) is 0 Å². The fourth-order valence-electron chi connectivity index (χ4n) is 1.38. The summed E-state index contributed by atoms with van der Waals surface area (Å²) in [5, 5.41) is 8.96. The second-order valence-electron chi connectivity index (χ2n) is 3.34. The minimum absolute atomic E-state index is 0.0551. The standard InChI is InChI=1S/C9H15F3O2S/c1-3-8(4-2,7(13)14)5-6-15-9(10,11)12/h3-6H2,1-2H3,(H,13,14). The molecular weight excluding hydrogens is 229 g/mol. The van der Waals surface area contributed by atoms with E-state index in [0.717, 1.165) is 0 Å². The first-order chi connectivity index (χ1) is 6.77. The quantitative estimate of drug-likeness (QED) is 0.776. The van der Waals surface area contributed by atoms with Crippen LogP contribution in [0.15, 0.2) is 0 Å². The first-order valence-corrected chi connectivity index (χ1v) is 5.70. The van der Waals surface area contributed by atoms with Crippen molar-refractivity contribution in [2.75, 3.05) is 5.75 Å². The molecule has 0 heterocycles. The second-order valence-corrected chi connectivity index (χ2v) is 4.50. The van der Waals surface area contributed by atoms with E-state index in [4.69, 9.17) is 5.11 Å². The lowest BCUT2D eigenvalue weighted by Gasteiger charge is -2.26. The lowest BCUT2D eigenvalue weighted by atomic mass is 9.80. The van der Waals surface area contributed by atoms with E-state index in [1.54, 1.807) is 13.8 Å². The molecule has 0 aromatic rings. The Kier molecular flexibility index (Phi) is 5.48. The average molecular weight is 244 g/mol. The normalized spacial score (nSPS) is 12.9. The van der Waals surface area contributed by atoms with Crippen LogP contribution in [0.5, 0.6) is 0 Å². The van der Waals surface area contributed by atoms with Crippen molar-refractivity contribution in [1.29, 1.82) is 0 Å². The number of thioether (sulfide) groups is 1. The molecule has 0 aliphatic carbocycles. The van der Waals surface area contributed by atoms with Crippen molar-refractivity contribution in [3.05, 3.63) is 0 Å². The molecule has 2 nitrogen and oxygen atoms in total. The molecule has 0 unspecified atom stereocenters. The summed E-state index contributed by atoms with van der Waals surface area (Å²) in [5.41, 5.74) is -5.27. The fourth-order valence-corrected chi connectivity index (χ4v) is 2.10. The number of halogens is 3. The molecule has 0 saturated carbocycles. The molecule has 0 aromatic heterocycles. The van der Waals surface area contributed by atoms with E-state index in [9.17, 15) is 18.0 Å². The summed E-state index contributed by atoms with van der Waals surface area (Å²) < 4.78 is 35.6. The van der Waals surface area contributed by atoms with E-state index < -0.39 is 16.9 Å². The SMILES string of the molecule is CCC(CC)(CCSC(F)(F)F)C(=O)O. The highest BCUT2D eigenvalue weighted by atomic mass is 32.2. The van der Waals surface area contributed by atoms with E-state index in [1.807, 2.05) is 0 Å². The zero-order valence-electron chi connectivity index (χ0n) is 8.73. The molecule has 0 spiro atoms. The van der Waals surface area contributed by atoms with Gasteiger partial charge in [0.2, 0.25) is 0 Å². The Labute approximate surface area is 91.2 Å². The molecule has 0 aromatic carbocycles. The van der Waals surface area contributed by atoms with Crippen LogP contribution < -0.4 is 0 Å². The van der Waals surface area contributed by atoms with E-state index in [-0.39, 0.29) is 23.9 Å². The maximum absolute atomic E-state index is 11.9. The molecule has 0 aliphatic rings. The first kappa shape index (κ1) is 14.6. The summed E-state index contributed by atoms with van der Waals surface area (Å²) in [6.07, 6.45) is 0.772. The number of alkyl halides is 3. The monoisotopic (exact) mass is 244 g/mol. The smallest absolute Gasteiger partial charge is 0.441 e. The van der Waals surface area contributed by atoms with Gasteiger partial charge in [-0.1, -0.05) is 25.6 Å². The highest BCUT2D eigenvalue weighted by molar-refractivity contribution is 8.00. The summed E-state index contributed by atoms with van der Waals surface area (Å²) in [6.45, 7) is 3.38. The number of carboxylic acids is 1. The van der Waals surface area contributed by atoms with Crippen molar-refractivity contribution >= 4 is 17.7 Å². The van der Waals surface area contributed by atoms with Gasteiger partial charge in [0.1, 0.15) is 0 Å². The van der Waals surface area contributed by atoms with Gasteiger partial charge in [0.05, 0.1) is 5.41 Å². The summed E-state index contributed by atoms with van der Waals surface area (Å²) >= 11 is -0.155. The predicted molar refractivity (Wildman–Crippen MR) is 53.8 cm³/mol. The van der Waals surface area contributed by atoms with Gasteiger partial charge in [0, 0.05) is 5.75 Å². The number of carbonyl (C=O) groups is 1. The van der Waals surface area contributed by atoms with E-state index >= 15 is 0 Å². The molecule has 90 valence electrons. The van der Waals surface area contributed by atoms with Gasteiger partial charge in [-0.05, 0) is 19.3 Å². The van der Waals surface area contributed by atoms with Gasteiger partial charge in [0.25, 0.3) is 0 Å². The molecule has 0 amide bonds. The van der Waals surface area contributed by atoms with Crippen molar-refractivity contribution < 1.29 is 23.1 Å². The molecule has 0 aliphatic heterocycles. The molecule has 0 atom stereocenters. The van der Waals surface area contributed by atoms with Gasteiger partial charge in [-0.3, -0.25) is 4.79 Å². The molecule has 0 fully saturated rings. The summed E-state index contributed by atoms with van der Waals surface area (Å²) in [6, 6.07) is 0. The van der Waals surface area contributed by atoms with E-state index in [0.29, 0.717) is 12.8 Å². The van der Waals surface area contributed by atoms with E-state index in [1.165, 1.54) is 0 Å². The molecule has 0 bridgehead atoms. The molecule has 6 heteroatoms. The average Bonchev–Trinajstić information content (AvgIpc) is 2.10. The van der Waals surface area contributed by atoms with Gasteiger partial charge in [0.15, 0.2) is 0 Å². The summed E-state index contributed by atoms with van der Waals surface area (Å²) in [5.74, 6) is -1.20. The Hall–Kier alpha value is -0.390. The summed E-state index contributed by atoms with van der Waals surface area (Å²) in [7, 11) is 0. The Balaban J connectivity index is 4.26. The Morgan fingerprint density at radius 2 is 1.73 bits per heavy atom. The van der Waals surface area contributed by atoms with Crippen LogP contribution in [0.4, 0.5) is 13.2 Å². The first-order valence-electron chi connectivity index (χ1n) is 4.71. The van der Waals surface area contributed by atoms with Crippen molar-refractivity contribution in [2.24, 2.45) is 5.41 Å². The molecular formula is C9H15F3O2S. The fraction of sp³-hybridized carbons (Fsp3) is 0.889. The van der Waals surface area contributed by atoms with Gasteiger partial charge < -0.3 is 5.11 Å². The summed E-state index contributed by atoms with van der Waals surface area (Å²) in [4.78, 5) is 10.9. The maximum atomic E-state index is 11.9. The number of hydrogen-bond acceptors (Lipinski definition) is 2. The third kappa shape index (κ3) is 4.77. The molecule has 1 N–H and O–H groups in total. The van der Waals surface area contributed by atoms with Crippen LogP contribution in [0.1, 0.15) is 33.1 Å². The van der Waals surface area contributed by atoms with E-state index in [2.05, 4.69) is 0 Å². The zero-order chi connectivity index (χ0) is 12.1. The van der Waals surface area contributed by atoms with Gasteiger partial charge >= 0.3 is 11.5 Å². The van der Waals surface area contributed by atoms with Crippen LogP contribution in [-0.4, -0.2) is 22.3 Å². The van der Waals surface area contributed by atoms with Crippen molar-refractivity contribution in [3.8, 4) is 0 Å². The molecule has 0 saturated heterocycles. The third-order valence-electron chi connectivity index (χ3n) is 2.65. The number of rotatable bonds is 6. The maximum Gasteiger partial charge on any atom is 0.441 e. The Morgan fingerprint density at radius 3 is 2.00 bits per heavy atom. The molecule has 0 radical (unpaired) electrons. The van der Waals surface area contributed by atoms with Crippen LogP contribution in [0.3, 0.4) is 0 Å². The minimum atomic E-state index is -4.27. The van der Waals surface area contributed by atoms with Crippen LogP contribution in [-0.2, 0) is 4.79 Å². The zero-order valence-corrected chi connectivity index (χ0v) is 9.54. The third-order valence-corrected chi connectivity index (χ3v) is 3.39. The van der Waals surface area contributed by atoms with Crippen LogP contribution in [0, 0.1) is 5.41 Å². The highest BCUT2D eigenvalue weighted by Gasteiger charge is 2.36. The van der Waals surface area contributed by atoms with Crippen LogP contribution in [0.25, 0.3) is 0 Å². The topological polar surface area (TPSA) is 37.3 Å². The van der Waals surface area contributed by atoms with Crippen molar-refractivity contribution in [2.45, 2.75) is 38.6 Å². The van der Waals surface area contributed by atoms with Crippen LogP contribution in [0.2, 0.25) is 0 Å². The number of carboxylic acid groups (broad SMARTS) is 1. The second kappa shape index (κ2) is 5.63. The predicted octanol–water partition coefficient (Wildman–Crippen LogP) is 3.52. The molecule has 15 heavy (non-hydrogen) atoms. The Morgan fingerprint density at radius 1 is 1.27 bits per heavy atom. The minimum Gasteiger partial charge on any atom is -0.481 e. The number of hydrogen-bond donors (Lipinski definition) is 1. The van der Waals surface area contributed by atoms with Crippen molar-refractivity contribution in [3.63, 3.8) is 0 Å². The van der Waals surface area contributed by atoms with Gasteiger partial charge in [-0.2, -0.15) is 13.2 Å². The Bertz CT molecular complexity index is 212.